The molecule has 0 unspecified atom stereocenters. The van der Waals surface area contributed by atoms with Gasteiger partial charge in [-0.15, -0.1) is 0 Å². The van der Waals surface area contributed by atoms with Crippen molar-refractivity contribution in [2.24, 2.45) is 0 Å². The molecule has 1 fully saturated rings. The van der Waals surface area contributed by atoms with Crippen LogP contribution in [-0.2, 0) is 26.0 Å². The number of sulfonamides is 1. The maximum absolute atomic E-state index is 12.5. The molecule has 0 amide bonds. The van der Waals surface area contributed by atoms with Crippen LogP contribution in [0.25, 0.3) is 0 Å². The largest absolute Gasteiger partial charge is 0.465 e. The topological polar surface area (TPSA) is 97.8 Å². The van der Waals surface area contributed by atoms with Crippen LogP contribution in [0, 0.1) is 0 Å². The summed E-state index contributed by atoms with van der Waals surface area (Å²) < 4.78 is 37.4. The number of pyridine rings is 1. The van der Waals surface area contributed by atoms with Gasteiger partial charge in [-0.3, -0.25) is 0 Å². The van der Waals surface area contributed by atoms with E-state index in [0.717, 1.165) is 24.5 Å². The van der Waals surface area contributed by atoms with Crippen LogP contribution >= 0.6 is 0 Å². The average molecular weight is 391 g/mol. The summed E-state index contributed by atoms with van der Waals surface area (Å²) in [6.45, 7) is 3.02. The zero-order valence-electron chi connectivity index (χ0n) is 14.9. The fraction of sp³-hybridized carbons (Fsp3) is 0.333. The van der Waals surface area contributed by atoms with Crippen molar-refractivity contribution in [3.05, 3.63) is 53.7 Å². The number of hydrogen-bond donors (Lipinski definition) is 1. The second kappa shape index (κ2) is 8.47. The van der Waals surface area contributed by atoms with Crippen LogP contribution in [0.15, 0.2) is 47.5 Å². The maximum Gasteiger partial charge on any atom is 0.337 e. The van der Waals surface area contributed by atoms with Crippen LogP contribution in [0.5, 0.6) is 0 Å². The molecule has 1 aromatic carbocycles. The molecule has 144 valence electrons. The molecular formula is C18H21N3O5S. The summed E-state index contributed by atoms with van der Waals surface area (Å²) in [4.78, 5) is 18.1. The fourth-order valence-corrected chi connectivity index (χ4v) is 3.73. The number of benzene rings is 1. The van der Waals surface area contributed by atoms with E-state index in [4.69, 9.17) is 4.74 Å². The van der Waals surface area contributed by atoms with E-state index in [9.17, 15) is 13.2 Å². The Labute approximate surface area is 158 Å². The lowest BCUT2D eigenvalue weighted by Crippen LogP contribution is -2.36. The number of carbonyl (C=O) groups excluding carboxylic acids is 1. The lowest BCUT2D eigenvalue weighted by Gasteiger charge is -2.27. The van der Waals surface area contributed by atoms with Crippen molar-refractivity contribution in [1.29, 1.82) is 0 Å². The van der Waals surface area contributed by atoms with E-state index in [0.29, 0.717) is 13.2 Å². The van der Waals surface area contributed by atoms with Gasteiger partial charge in [-0.1, -0.05) is 12.1 Å². The van der Waals surface area contributed by atoms with Gasteiger partial charge >= 0.3 is 5.97 Å². The number of hydrogen-bond acceptors (Lipinski definition) is 7. The van der Waals surface area contributed by atoms with Crippen LogP contribution in [0.3, 0.4) is 0 Å². The number of anilines is 1. The van der Waals surface area contributed by atoms with Gasteiger partial charge in [-0.25, -0.2) is 22.9 Å². The minimum absolute atomic E-state index is 0.00305. The normalized spacial score (nSPS) is 14.8. The predicted octanol–water partition coefficient (Wildman–Crippen LogP) is 1.18. The van der Waals surface area contributed by atoms with Crippen molar-refractivity contribution in [2.45, 2.75) is 11.4 Å². The van der Waals surface area contributed by atoms with Gasteiger partial charge in [-0.2, -0.15) is 0 Å². The van der Waals surface area contributed by atoms with Gasteiger partial charge in [0.1, 0.15) is 5.82 Å². The third kappa shape index (κ3) is 4.82. The molecule has 3 rings (SSSR count). The Morgan fingerprint density at radius 1 is 1.26 bits per heavy atom. The van der Waals surface area contributed by atoms with Crippen molar-refractivity contribution >= 4 is 21.8 Å². The van der Waals surface area contributed by atoms with Crippen LogP contribution in [-0.4, -0.2) is 52.8 Å². The first-order chi connectivity index (χ1) is 13.0. The molecule has 1 aromatic heterocycles. The number of morpholine rings is 1. The summed E-state index contributed by atoms with van der Waals surface area (Å²) >= 11 is 0. The highest BCUT2D eigenvalue weighted by atomic mass is 32.2. The molecule has 0 aliphatic carbocycles. The summed E-state index contributed by atoms with van der Waals surface area (Å²) in [7, 11) is -2.52. The molecule has 1 aliphatic heterocycles. The second-order valence-electron chi connectivity index (χ2n) is 5.97. The molecular weight excluding hydrogens is 370 g/mol. The summed E-state index contributed by atoms with van der Waals surface area (Å²) in [5.74, 6) is 0.255. The van der Waals surface area contributed by atoms with E-state index in [2.05, 4.69) is 19.3 Å². The Morgan fingerprint density at radius 2 is 2.04 bits per heavy atom. The second-order valence-corrected chi connectivity index (χ2v) is 7.73. The standard InChI is InChI=1S/C18H21N3O5S/c1-25-18(22)15-3-2-4-16(11-15)27(23,24)20-13-14-5-6-17(19-12-14)21-7-9-26-10-8-21/h2-6,11-12,20H,7-10,13H2,1H3. The van der Waals surface area contributed by atoms with Crippen molar-refractivity contribution in [3.8, 4) is 0 Å². The molecule has 1 N–H and O–H groups in total. The molecule has 1 saturated heterocycles. The monoisotopic (exact) mass is 391 g/mol. The number of ether oxygens (including phenoxy) is 2. The number of aromatic nitrogens is 1. The van der Waals surface area contributed by atoms with Crippen molar-refractivity contribution in [1.82, 2.24) is 9.71 Å². The molecule has 9 heteroatoms. The highest BCUT2D eigenvalue weighted by molar-refractivity contribution is 7.89. The first-order valence-corrected chi connectivity index (χ1v) is 9.93. The van der Waals surface area contributed by atoms with E-state index in [1.54, 1.807) is 6.20 Å². The minimum atomic E-state index is -3.77. The van der Waals surface area contributed by atoms with E-state index in [1.807, 2.05) is 12.1 Å². The van der Waals surface area contributed by atoms with Gasteiger partial charge in [0.25, 0.3) is 0 Å². The molecule has 0 bridgehead atoms. The highest BCUT2D eigenvalue weighted by Gasteiger charge is 2.17. The number of methoxy groups -OCH3 is 1. The van der Waals surface area contributed by atoms with E-state index in [1.165, 1.54) is 31.4 Å². The Balaban J connectivity index is 1.65. The highest BCUT2D eigenvalue weighted by Crippen LogP contribution is 2.15. The van der Waals surface area contributed by atoms with E-state index in [-0.39, 0.29) is 17.0 Å². The van der Waals surface area contributed by atoms with Crippen molar-refractivity contribution in [2.75, 3.05) is 38.3 Å². The molecule has 0 radical (unpaired) electrons. The van der Waals surface area contributed by atoms with Crippen molar-refractivity contribution in [3.63, 3.8) is 0 Å². The SMILES string of the molecule is COC(=O)c1cccc(S(=O)(=O)NCc2ccc(N3CCOCC3)nc2)c1. The Kier molecular flexibility index (Phi) is 6.04. The lowest BCUT2D eigenvalue weighted by atomic mass is 10.2. The third-order valence-corrected chi connectivity index (χ3v) is 5.57. The van der Waals surface area contributed by atoms with Gasteiger partial charge in [0, 0.05) is 25.8 Å². The predicted molar refractivity (Wildman–Crippen MR) is 99.1 cm³/mol. The Hall–Kier alpha value is -2.49. The van der Waals surface area contributed by atoms with Crippen molar-refractivity contribution < 1.29 is 22.7 Å². The number of rotatable bonds is 6. The maximum atomic E-state index is 12.5. The molecule has 27 heavy (non-hydrogen) atoms. The molecule has 8 nitrogen and oxygen atoms in total. The lowest BCUT2D eigenvalue weighted by molar-refractivity contribution is 0.0600. The Morgan fingerprint density at radius 3 is 2.70 bits per heavy atom. The average Bonchev–Trinajstić information content (AvgIpc) is 2.73. The molecule has 0 atom stereocenters. The molecule has 2 heterocycles. The van der Waals surface area contributed by atoms with Crippen LogP contribution in [0.4, 0.5) is 5.82 Å². The summed E-state index contributed by atoms with van der Waals surface area (Å²) in [6, 6.07) is 9.42. The number of carbonyl (C=O) groups is 1. The molecule has 1 aliphatic rings. The minimum Gasteiger partial charge on any atom is -0.465 e. The Bertz CT molecular complexity index is 893. The fourth-order valence-electron chi connectivity index (χ4n) is 2.67. The number of nitrogens with one attached hydrogen (secondary N) is 1. The van der Waals surface area contributed by atoms with Crippen LogP contribution in [0.1, 0.15) is 15.9 Å². The third-order valence-electron chi connectivity index (χ3n) is 4.18. The molecule has 0 saturated carbocycles. The zero-order valence-corrected chi connectivity index (χ0v) is 15.7. The number of esters is 1. The van der Waals surface area contributed by atoms with Gasteiger partial charge in [0.2, 0.25) is 10.0 Å². The molecule has 0 spiro atoms. The first kappa shape index (κ1) is 19.3. The first-order valence-electron chi connectivity index (χ1n) is 8.45. The summed E-state index contributed by atoms with van der Waals surface area (Å²) in [5.41, 5.74) is 0.914. The summed E-state index contributed by atoms with van der Waals surface area (Å²) in [5, 5.41) is 0. The zero-order chi connectivity index (χ0) is 19.3. The van der Waals surface area contributed by atoms with Gasteiger partial charge in [0.15, 0.2) is 0 Å². The number of nitrogens with zero attached hydrogens (tertiary/aromatic N) is 2. The van der Waals surface area contributed by atoms with E-state index >= 15 is 0 Å². The van der Waals surface area contributed by atoms with Gasteiger partial charge in [-0.05, 0) is 29.8 Å². The summed E-state index contributed by atoms with van der Waals surface area (Å²) in [6.07, 6.45) is 1.65. The quantitative estimate of drug-likeness (QED) is 0.739. The molecule has 2 aromatic rings. The van der Waals surface area contributed by atoms with Crippen LogP contribution < -0.4 is 9.62 Å². The van der Waals surface area contributed by atoms with Gasteiger partial charge < -0.3 is 14.4 Å². The van der Waals surface area contributed by atoms with Gasteiger partial charge in [0.05, 0.1) is 30.8 Å². The smallest absolute Gasteiger partial charge is 0.337 e. The van der Waals surface area contributed by atoms with Crippen LogP contribution in [0.2, 0.25) is 0 Å². The van der Waals surface area contributed by atoms with E-state index < -0.39 is 16.0 Å².